The molecular formula is C22H18N4OS. The Morgan fingerprint density at radius 3 is 2.46 bits per heavy atom. The maximum Gasteiger partial charge on any atom is 0.274 e. The number of carbonyl (C=O) groups excluding carboxylic acids is 1. The van der Waals surface area contributed by atoms with Crippen molar-refractivity contribution in [2.45, 2.75) is 6.54 Å². The second-order valence-electron chi connectivity index (χ2n) is 6.05. The number of carbonyl (C=O) groups is 1. The molecule has 0 fully saturated rings. The summed E-state index contributed by atoms with van der Waals surface area (Å²) in [6.45, 7) is 0.584. The molecule has 2 aromatic heterocycles. The third-order valence-corrected chi connectivity index (χ3v) is 4.94. The molecule has 0 unspecified atom stereocenters. The SMILES string of the molecule is O=C(C=Cc1ccccc1)n1nc(-c2ccccc2)nc1NCc1cccs1. The van der Waals surface area contributed by atoms with E-state index in [1.54, 1.807) is 17.4 Å². The Labute approximate surface area is 167 Å². The fourth-order valence-electron chi connectivity index (χ4n) is 2.67. The van der Waals surface area contributed by atoms with Gasteiger partial charge in [-0.2, -0.15) is 9.67 Å². The maximum atomic E-state index is 12.8. The molecule has 0 spiro atoms. The van der Waals surface area contributed by atoms with Gasteiger partial charge in [-0.25, -0.2) is 0 Å². The van der Waals surface area contributed by atoms with Crippen molar-refractivity contribution in [3.05, 3.63) is 94.7 Å². The standard InChI is InChI=1S/C22H18N4OS/c27-20(14-13-17-8-3-1-4-9-17)26-22(23-16-19-12-7-15-28-19)24-21(25-26)18-10-5-2-6-11-18/h1-15H,16H2,(H,23,24,25). The third-order valence-electron chi connectivity index (χ3n) is 4.07. The van der Waals surface area contributed by atoms with Crippen LogP contribution in [0.3, 0.4) is 0 Å². The van der Waals surface area contributed by atoms with E-state index in [1.165, 1.54) is 10.8 Å². The van der Waals surface area contributed by atoms with Crippen LogP contribution in [0.15, 0.2) is 84.3 Å². The average molecular weight is 386 g/mol. The van der Waals surface area contributed by atoms with Crippen LogP contribution in [0.25, 0.3) is 17.5 Å². The average Bonchev–Trinajstić information content (AvgIpc) is 3.42. The van der Waals surface area contributed by atoms with E-state index in [0.717, 1.165) is 16.0 Å². The Balaban J connectivity index is 1.62. The highest BCUT2D eigenvalue weighted by Gasteiger charge is 2.15. The largest absolute Gasteiger partial charge is 0.349 e. The van der Waals surface area contributed by atoms with Crippen LogP contribution in [0.2, 0.25) is 0 Å². The summed E-state index contributed by atoms with van der Waals surface area (Å²) in [4.78, 5) is 18.5. The van der Waals surface area contributed by atoms with Gasteiger partial charge in [-0.15, -0.1) is 16.4 Å². The number of benzene rings is 2. The molecule has 0 bridgehead atoms. The molecule has 0 radical (unpaired) electrons. The van der Waals surface area contributed by atoms with E-state index in [0.29, 0.717) is 18.3 Å². The molecule has 0 atom stereocenters. The van der Waals surface area contributed by atoms with Crippen molar-refractivity contribution in [3.63, 3.8) is 0 Å². The van der Waals surface area contributed by atoms with Gasteiger partial charge in [0, 0.05) is 16.5 Å². The molecule has 2 aromatic carbocycles. The zero-order valence-electron chi connectivity index (χ0n) is 15.0. The minimum absolute atomic E-state index is 0.257. The summed E-state index contributed by atoms with van der Waals surface area (Å²) in [5.41, 5.74) is 1.81. The minimum atomic E-state index is -0.257. The Bertz CT molecular complexity index is 1070. The smallest absolute Gasteiger partial charge is 0.274 e. The van der Waals surface area contributed by atoms with E-state index < -0.39 is 0 Å². The molecule has 4 rings (SSSR count). The molecule has 0 aliphatic heterocycles. The molecule has 0 saturated carbocycles. The van der Waals surface area contributed by atoms with Gasteiger partial charge in [0.1, 0.15) is 0 Å². The predicted octanol–water partition coefficient (Wildman–Crippen LogP) is 4.97. The zero-order valence-corrected chi connectivity index (χ0v) is 15.8. The lowest BCUT2D eigenvalue weighted by molar-refractivity contribution is 0.0957. The molecule has 0 aliphatic rings. The van der Waals surface area contributed by atoms with Gasteiger partial charge in [-0.1, -0.05) is 66.7 Å². The molecule has 2 heterocycles. The summed E-state index contributed by atoms with van der Waals surface area (Å²) in [5, 5.41) is 9.69. The second kappa shape index (κ2) is 8.45. The number of allylic oxidation sites excluding steroid dienone is 1. The number of hydrogen-bond acceptors (Lipinski definition) is 5. The molecule has 6 heteroatoms. The van der Waals surface area contributed by atoms with E-state index in [4.69, 9.17) is 0 Å². The van der Waals surface area contributed by atoms with Gasteiger partial charge in [-0.05, 0) is 23.1 Å². The molecular weight excluding hydrogens is 368 g/mol. The first-order valence-corrected chi connectivity index (χ1v) is 9.74. The van der Waals surface area contributed by atoms with Crippen molar-refractivity contribution < 1.29 is 4.79 Å². The number of hydrogen-bond donors (Lipinski definition) is 1. The summed E-state index contributed by atoms with van der Waals surface area (Å²) in [6.07, 6.45) is 3.28. The fraction of sp³-hybridized carbons (Fsp3) is 0.0455. The Morgan fingerprint density at radius 1 is 1.00 bits per heavy atom. The van der Waals surface area contributed by atoms with Gasteiger partial charge in [0.2, 0.25) is 5.95 Å². The van der Waals surface area contributed by atoms with Crippen LogP contribution in [-0.4, -0.2) is 20.7 Å². The van der Waals surface area contributed by atoms with E-state index in [-0.39, 0.29) is 5.91 Å². The van der Waals surface area contributed by atoms with Crippen molar-refractivity contribution in [3.8, 4) is 11.4 Å². The normalized spacial score (nSPS) is 11.0. The first-order chi connectivity index (χ1) is 13.8. The maximum absolute atomic E-state index is 12.8. The highest BCUT2D eigenvalue weighted by atomic mass is 32.1. The molecule has 138 valence electrons. The lowest BCUT2D eigenvalue weighted by Crippen LogP contribution is -2.14. The van der Waals surface area contributed by atoms with Crippen LogP contribution in [0.1, 0.15) is 15.2 Å². The number of nitrogens with zero attached hydrogens (tertiary/aromatic N) is 3. The van der Waals surface area contributed by atoms with Crippen molar-refractivity contribution in [2.75, 3.05) is 5.32 Å². The monoisotopic (exact) mass is 386 g/mol. The number of nitrogens with one attached hydrogen (secondary N) is 1. The summed E-state index contributed by atoms with van der Waals surface area (Å²) < 4.78 is 1.31. The highest BCUT2D eigenvalue weighted by molar-refractivity contribution is 7.09. The van der Waals surface area contributed by atoms with Crippen molar-refractivity contribution in [2.24, 2.45) is 0 Å². The van der Waals surface area contributed by atoms with Gasteiger partial charge >= 0.3 is 0 Å². The molecule has 0 saturated heterocycles. The summed E-state index contributed by atoms with van der Waals surface area (Å²) in [7, 11) is 0. The van der Waals surface area contributed by atoms with Gasteiger partial charge in [-0.3, -0.25) is 4.79 Å². The first-order valence-electron chi connectivity index (χ1n) is 8.86. The molecule has 28 heavy (non-hydrogen) atoms. The fourth-order valence-corrected chi connectivity index (χ4v) is 3.32. The van der Waals surface area contributed by atoms with E-state index >= 15 is 0 Å². The van der Waals surface area contributed by atoms with Crippen LogP contribution >= 0.6 is 11.3 Å². The van der Waals surface area contributed by atoms with Crippen LogP contribution < -0.4 is 5.32 Å². The molecule has 5 nitrogen and oxygen atoms in total. The van der Waals surface area contributed by atoms with Gasteiger partial charge < -0.3 is 5.32 Å². The molecule has 0 amide bonds. The van der Waals surface area contributed by atoms with E-state index in [9.17, 15) is 4.79 Å². The van der Waals surface area contributed by atoms with Crippen LogP contribution in [0.4, 0.5) is 5.95 Å². The minimum Gasteiger partial charge on any atom is -0.349 e. The number of rotatable bonds is 6. The molecule has 4 aromatic rings. The number of thiophene rings is 1. The quantitative estimate of drug-likeness (QED) is 0.475. The third kappa shape index (κ3) is 4.24. The van der Waals surface area contributed by atoms with Crippen LogP contribution in [0, 0.1) is 0 Å². The molecule has 0 aliphatic carbocycles. The molecule has 1 N–H and O–H groups in total. The van der Waals surface area contributed by atoms with Crippen molar-refractivity contribution in [1.29, 1.82) is 0 Å². The first kappa shape index (κ1) is 17.9. The van der Waals surface area contributed by atoms with Gasteiger partial charge in [0.15, 0.2) is 5.82 Å². The summed E-state index contributed by atoms with van der Waals surface area (Å²) >= 11 is 1.65. The zero-order chi connectivity index (χ0) is 19.2. The lowest BCUT2D eigenvalue weighted by atomic mass is 10.2. The van der Waals surface area contributed by atoms with Crippen LogP contribution in [-0.2, 0) is 6.54 Å². The van der Waals surface area contributed by atoms with Crippen LogP contribution in [0.5, 0.6) is 0 Å². The number of anilines is 1. The Kier molecular flexibility index (Phi) is 5.40. The predicted molar refractivity (Wildman–Crippen MR) is 113 cm³/mol. The van der Waals surface area contributed by atoms with Gasteiger partial charge in [0.25, 0.3) is 5.91 Å². The topological polar surface area (TPSA) is 59.8 Å². The van der Waals surface area contributed by atoms with Crippen molar-refractivity contribution in [1.82, 2.24) is 14.8 Å². The summed E-state index contributed by atoms with van der Waals surface area (Å²) in [5.74, 6) is 0.679. The van der Waals surface area contributed by atoms with E-state index in [2.05, 4.69) is 15.4 Å². The lowest BCUT2D eigenvalue weighted by Gasteiger charge is -2.04. The summed E-state index contributed by atoms with van der Waals surface area (Å²) in [6, 6.07) is 23.3. The second-order valence-corrected chi connectivity index (χ2v) is 7.08. The Hall–Kier alpha value is -3.51. The number of aromatic nitrogens is 3. The van der Waals surface area contributed by atoms with Crippen molar-refractivity contribution >= 4 is 29.3 Å². The van der Waals surface area contributed by atoms with E-state index in [1.807, 2.05) is 78.2 Å². The van der Waals surface area contributed by atoms with Gasteiger partial charge in [0.05, 0.1) is 6.54 Å². The Morgan fingerprint density at radius 2 is 1.75 bits per heavy atom. The highest BCUT2D eigenvalue weighted by Crippen LogP contribution is 2.19.